The van der Waals surface area contributed by atoms with Crippen molar-refractivity contribution in [2.24, 2.45) is 11.8 Å². The highest BCUT2D eigenvalue weighted by Crippen LogP contribution is 2.33. The lowest BCUT2D eigenvalue weighted by Crippen LogP contribution is -2.22. The first-order chi connectivity index (χ1) is 10.3. The van der Waals surface area contributed by atoms with Crippen LogP contribution in [0.4, 0.5) is 0 Å². The van der Waals surface area contributed by atoms with E-state index in [2.05, 4.69) is 6.92 Å². The number of rotatable bonds is 7. The fourth-order valence-corrected chi connectivity index (χ4v) is 3.59. The van der Waals surface area contributed by atoms with Crippen LogP contribution in [-0.2, 0) is 8.98 Å². The van der Waals surface area contributed by atoms with Gasteiger partial charge in [-0.05, 0) is 43.7 Å². The zero-order valence-electron chi connectivity index (χ0n) is 12.9. The number of hydrogen-bond acceptors (Lipinski definition) is 3. The molecule has 0 N–H and O–H groups in total. The predicted octanol–water partition coefficient (Wildman–Crippen LogP) is 5.62. The molecule has 0 saturated heterocycles. The van der Waals surface area contributed by atoms with Crippen LogP contribution < -0.4 is 0 Å². The highest BCUT2D eigenvalue weighted by Gasteiger charge is 2.27. The Morgan fingerprint density at radius 3 is 2.52 bits per heavy atom. The summed E-state index contributed by atoms with van der Waals surface area (Å²) < 4.78 is 5.38. The highest BCUT2D eigenvalue weighted by molar-refractivity contribution is 7.95. The van der Waals surface area contributed by atoms with Crippen molar-refractivity contribution in [3.05, 3.63) is 30.3 Å². The van der Waals surface area contributed by atoms with Crippen molar-refractivity contribution < 1.29 is 8.98 Å². The first-order valence-corrected chi connectivity index (χ1v) is 8.97. The average molecular weight is 306 g/mol. The van der Waals surface area contributed by atoms with E-state index in [1.165, 1.54) is 50.6 Å². The van der Waals surface area contributed by atoms with E-state index >= 15 is 0 Å². The number of benzene rings is 1. The molecule has 1 saturated carbocycles. The molecule has 1 aromatic carbocycles. The molecular weight excluding hydrogens is 280 g/mol. The molecule has 0 heterocycles. The molecule has 0 aromatic heterocycles. The lowest BCUT2D eigenvalue weighted by molar-refractivity contribution is -0.138. The molecule has 0 amide bonds. The minimum Gasteiger partial charge on any atom is -0.386 e. The lowest BCUT2D eigenvalue weighted by Gasteiger charge is -2.26. The molecule has 116 valence electrons. The maximum Gasteiger partial charge on any atom is 0.321 e. The monoisotopic (exact) mass is 306 g/mol. The van der Waals surface area contributed by atoms with E-state index in [4.69, 9.17) is 4.18 Å². The maximum absolute atomic E-state index is 12.1. The Labute approximate surface area is 132 Å². The van der Waals surface area contributed by atoms with Crippen molar-refractivity contribution >= 4 is 18.0 Å². The summed E-state index contributed by atoms with van der Waals surface area (Å²) in [4.78, 5) is 13.1. The normalized spacial score (nSPS) is 22.0. The van der Waals surface area contributed by atoms with E-state index in [9.17, 15) is 4.79 Å². The molecular formula is C18H26O2S. The Balaban J connectivity index is 1.66. The third kappa shape index (κ3) is 5.74. The van der Waals surface area contributed by atoms with Gasteiger partial charge >= 0.3 is 5.97 Å². The fourth-order valence-electron chi connectivity index (χ4n) is 3.00. The Morgan fingerprint density at radius 2 is 1.86 bits per heavy atom. The van der Waals surface area contributed by atoms with Gasteiger partial charge in [-0.1, -0.05) is 50.8 Å². The zero-order chi connectivity index (χ0) is 14.9. The first kappa shape index (κ1) is 16.4. The summed E-state index contributed by atoms with van der Waals surface area (Å²) in [5.74, 6) is 0.918. The number of hydrogen-bond donors (Lipinski definition) is 0. The Kier molecular flexibility index (Phi) is 7.14. The third-order valence-corrected chi connectivity index (χ3v) is 5.07. The van der Waals surface area contributed by atoms with Gasteiger partial charge in [-0.3, -0.25) is 4.79 Å². The van der Waals surface area contributed by atoms with Gasteiger partial charge in [0.2, 0.25) is 0 Å². The zero-order valence-corrected chi connectivity index (χ0v) is 13.7. The molecule has 0 atom stereocenters. The van der Waals surface area contributed by atoms with E-state index in [1.807, 2.05) is 30.3 Å². The lowest BCUT2D eigenvalue weighted by atomic mass is 9.80. The molecule has 1 fully saturated rings. The Bertz CT molecular complexity index is 410. The van der Waals surface area contributed by atoms with Gasteiger partial charge in [0.1, 0.15) is 0 Å². The van der Waals surface area contributed by atoms with Crippen LogP contribution in [0.5, 0.6) is 0 Å². The SMILES string of the molecule is CCCCCC1CCC(C(=O)OSc2ccccc2)CC1. The second-order valence-electron chi connectivity index (χ2n) is 6.01. The van der Waals surface area contributed by atoms with Gasteiger partial charge < -0.3 is 4.18 Å². The standard InChI is InChI=1S/C18H26O2S/c1-2-3-5-8-15-11-13-16(14-12-15)18(19)20-21-17-9-6-4-7-10-17/h4,6-7,9-10,15-16H,2-3,5,8,11-14H2,1H3. The van der Waals surface area contributed by atoms with E-state index in [1.54, 1.807) is 0 Å². The van der Waals surface area contributed by atoms with Gasteiger partial charge in [0.05, 0.1) is 18.0 Å². The molecule has 1 aromatic rings. The maximum atomic E-state index is 12.1. The largest absolute Gasteiger partial charge is 0.386 e. The van der Waals surface area contributed by atoms with Crippen molar-refractivity contribution in [2.45, 2.75) is 63.2 Å². The third-order valence-electron chi connectivity index (χ3n) is 4.36. The van der Waals surface area contributed by atoms with Crippen LogP contribution in [0.1, 0.15) is 58.3 Å². The molecule has 2 rings (SSSR count). The minimum atomic E-state index is -0.0316. The molecule has 0 radical (unpaired) electrons. The molecule has 0 aliphatic heterocycles. The molecule has 0 unspecified atom stereocenters. The van der Waals surface area contributed by atoms with E-state index < -0.39 is 0 Å². The number of carbonyl (C=O) groups is 1. The van der Waals surface area contributed by atoms with Crippen molar-refractivity contribution in [3.8, 4) is 0 Å². The average Bonchev–Trinajstić information content (AvgIpc) is 2.54. The van der Waals surface area contributed by atoms with Crippen LogP contribution in [0.3, 0.4) is 0 Å². The summed E-state index contributed by atoms with van der Waals surface area (Å²) in [6, 6.07) is 9.80. The molecule has 3 heteroatoms. The minimum absolute atomic E-state index is 0.0316. The molecule has 21 heavy (non-hydrogen) atoms. The molecule has 0 spiro atoms. The molecule has 1 aliphatic carbocycles. The smallest absolute Gasteiger partial charge is 0.321 e. The van der Waals surface area contributed by atoms with E-state index in [0.29, 0.717) is 0 Å². The highest BCUT2D eigenvalue weighted by atomic mass is 32.2. The van der Waals surface area contributed by atoms with Crippen LogP contribution in [0, 0.1) is 11.8 Å². The van der Waals surface area contributed by atoms with Gasteiger partial charge in [-0.15, -0.1) is 0 Å². The van der Waals surface area contributed by atoms with Crippen molar-refractivity contribution in [1.82, 2.24) is 0 Å². The second kappa shape index (κ2) is 9.14. The summed E-state index contributed by atoms with van der Waals surface area (Å²) in [7, 11) is 0. The van der Waals surface area contributed by atoms with Crippen molar-refractivity contribution in [3.63, 3.8) is 0 Å². The number of unbranched alkanes of at least 4 members (excludes halogenated alkanes) is 2. The summed E-state index contributed by atoms with van der Waals surface area (Å²) in [6.07, 6.45) is 9.72. The van der Waals surface area contributed by atoms with Gasteiger partial charge in [-0.2, -0.15) is 0 Å². The van der Waals surface area contributed by atoms with Gasteiger partial charge in [-0.25, -0.2) is 0 Å². The van der Waals surface area contributed by atoms with Crippen LogP contribution in [-0.4, -0.2) is 5.97 Å². The fraction of sp³-hybridized carbons (Fsp3) is 0.611. The molecule has 2 nitrogen and oxygen atoms in total. The van der Waals surface area contributed by atoms with Gasteiger partial charge in [0.25, 0.3) is 0 Å². The predicted molar refractivity (Wildman–Crippen MR) is 88.0 cm³/mol. The van der Waals surface area contributed by atoms with Crippen LogP contribution >= 0.6 is 12.0 Å². The Morgan fingerprint density at radius 1 is 1.14 bits per heavy atom. The molecule has 0 bridgehead atoms. The van der Waals surface area contributed by atoms with E-state index in [-0.39, 0.29) is 11.9 Å². The summed E-state index contributed by atoms with van der Waals surface area (Å²) >= 11 is 1.19. The van der Waals surface area contributed by atoms with E-state index in [0.717, 1.165) is 23.7 Å². The van der Waals surface area contributed by atoms with Crippen molar-refractivity contribution in [1.29, 1.82) is 0 Å². The van der Waals surface area contributed by atoms with Gasteiger partial charge in [0.15, 0.2) is 0 Å². The summed E-state index contributed by atoms with van der Waals surface area (Å²) in [5.41, 5.74) is 0. The summed E-state index contributed by atoms with van der Waals surface area (Å²) in [5, 5.41) is 0. The van der Waals surface area contributed by atoms with Gasteiger partial charge in [0, 0.05) is 4.90 Å². The molecule has 1 aliphatic rings. The Hall–Kier alpha value is -0.960. The summed E-state index contributed by atoms with van der Waals surface area (Å²) in [6.45, 7) is 2.25. The van der Waals surface area contributed by atoms with Crippen LogP contribution in [0.15, 0.2) is 35.2 Å². The first-order valence-electron chi connectivity index (χ1n) is 8.23. The second-order valence-corrected chi connectivity index (χ2v) is 6.82. The number of carbonyl (C=O) groups excluding carboxylic acids is 1. The topological polar surface area (TPSA) is 26.3 Å². The van der Waals surface area contributed by atoms with Crippen molar-refractivity contribution in [2.75, 3.05) is 0 Å². The van der Waals surface area contributed by atoms with Crippen LogP contribution in [0.2, 0.25) is 0 Å². The van der Waals surface area contributed by atoms with Crippen LogP contribution in [0.25, 0.3) is 0 Å². The quantitative estimate of drug-likeness (QED) is 0.483.